The summed E-state index contributed by atoms with van der Waals surface area (Å²) in [7, 11) is 0. The predicted molar refractivity (Wildman–Crippen MR) is 111 cm³/mol. The molecule has 0 amide bonds. The van der Waals surface area contributed by atoms with Crippen molar-refractivity contribution < 1.29 is 24.2 Å². The third-order valence-electron chi connectivity index (χ3n) is 9.05. The van der Waals surface area contributed by atoms with Crippen LogP contribution in [0.3, 0.4) is 0 Å². The van der Waals surface area contributed by atoms with Gasteiger partial charge in [-0.05, 0) is 63.4 Å². The second-order valence-electron chi connectivity index (χ2n) is 10.1. The fraction of sp³-hybridized carbons (Fsp3) is 0.783. The molecule has 29 heavy (non-hydrogen) atoms. The van der Waals surface area contributed by atoms with Gasteiger partial charge < -0.3 is 9.84 Å². The molecular weight excluding hydrogens is 436 g/mol. The number of alkyl halides is 1. The van der Waals surface area contributed by atoms with Gasteiger partial charge in [-0.3, -0.25) is 14.4 Å². The van der Waals surface area contributed by atoms with E-state index in [1.807, 2.05) is 6.92 Å². The molecule has 0 aromatic rings. The van der Waals surface area contributed by atoms with Gasteiger partial charge in [0.1, 0.15) is 0 Å². The molecule has 3 fully saturated rings. The fourth-order valence-electron chi connectivity index (χ4n) is 7.62. The van der Waals surface area contributed by atoms with E-state index in [-0.39, 0.29) is 28.8 Å². The van der Waals surface area contributed by atoms with E-state index in [2.05, 4.69) is 22.9 Å². The largest absolute Gasteiger partial charge is 0.451 e. The van der Waals surface area contributed by atoms with Crippen LogP contribution in [0, 0.1) is 22.7 Å². The van der Waals surface area contributed by atoms with Crippen LogP contribution in [-0.4, -0.2) is 38.7 Å². The summed E-state index contributed by atoms with van der Waals surface area (Å²) >= 11 is 4.05. The van der Waals surface area contributed by atoms with Crippen molar-refractivity contribution in [2.24, 2.45) is 22.7 Å². The lowest BCUT2D eigenvalue weighted by atomic mass is 9.45. The lowest BCUT2D eigenvalue weighted by Crippen LogP contribution is -2.69. The van der Waals surface area contributed by atoms with Crippen LogP contribution >= 0.6 is 15.9 Å². The molecule has 7 atom stereocenters. The van der Waals surface area contributed by atoms with Gasteiger partial charge in [-0.25, -0.2) is 0 Å². The number of ketones is 2. The van der Waals surface area contributed by atoms with Crippen LogP contribution in [0.4, 0.5) is 0 Å². The van der Waals surface area contributed by atoms with Crippen LogP contribution in [0.2, 0.25) is 0 Å². The van der Waals surface area contributed by atoms with Gasteiger partial charge >= 0.3 is 5.97 Å². The molecule has 0 heterocycles. The van der Waals surface area contributed by atoms with E-state index in [9.17, 15) is 19.5 Å². The lowest BCUT2D eigenvalue weighted by molar-refractivity contribution is -0.194. The van der Waals surface area contributed by atoms with Gasteiger partial charge in [0.05, 0.1) is 10.4 Å². The minimum Gasteiger partial charge on any atom is -0.451 e. The van der Waals surface area contributed by atoms with Crippen molar-refractivity contribution in [3.8, 4) is 0 Å². The molecule has 0 unspecified atom stereocenters. The van der Waals surface area contributed by atoms with Gasteiger partial charge in [-0.1, -0.05) is 35.4 Å². The Kier molecular flexibility index (Phi) is 4.75. The summed E-state index contributed by atoms with van der Waals surface area (Å²) in [6.07, 6.45) is 5.70. The Labute approximate surface area is 180 Å². The number of hydrogen-bond acceptors (Lipinski definition) is 5. The van der Waals surface area contributed by atoms with Crippen LogP contribution in [0.15, 0.2) is 11.6 Å². The van der Waals surface area contributed by atoms with Crippen LogP contribution in [0.25, 0.3) is 0 Å². The van der Waals surface area contributed by atoms with Gasteiger partial charge in [0, 0.05) is 24.2 Å². The van der Waals surface area contributed by atoms with E-state index in [1.54, 1.807) is 6.08 Å². The van der Waals surface area contributed by atoms with Crippen molar-refractivity contribution >= 4 is 33.5 Å². The summed E-state index contributed by atoms with van der Waals surface area (Å²) in [6.45, 7) is 7.07. The number of ether oxygens (including phenoxy) is 1. The summed E-state index contributed by atoms with van der Waals surface area (Å²) in [5.41, 5.74) is -0.930. The van der Waals surface area contributed by atoms with E-state index in [1.165, 1.54) is 13.8 Å². The first-order valence-corrected chi connectivity index (χ1v) is 11.5. The molecule has 4 rings (SSSR count). The van der Waals surface area contributed by atoms with Crippen LogP contribution in [0.5, 0.6) is 0 Å². The Morgan fingerprint density at radius 3 is 2.45 bits per heavy atom. The number of halogens is 1. The fourth-order valence-corrected chi connectivity index (χ4v) is 8.78. The first-order valence-electron chi connectivity index (χ1n) is 10.7. The molecule has 0 saturated heterocycles. The van der Waals surface area contributed by atoms with Crippen LogP contribution < -0.4 is 0 Å². The highest BCUT2D eigenvalue weighted by Gasteiger charge is 2.73. The number of allylic oxidation sites excluding steroid dienone is 1. The number of Topliss-reactive ketones (excluding diaryl/α,β-unsaturated/α-hetero) is 1. The zero-order valence-corrected chi connectivity index (χ0v) is 19.3. The quantitative estimate of drug-likeness (QED) is 0.492. The first-order chi connectivity index (χ1) is 13.4. The molecule has 4 aliphatic rings. The molecule has 0 bridgehead atoms. The summed E-state index contributed by atoms with van der Waals surface area (Å²) in [5, 5.41) is 11.6. The number of carbonyl (C=O) groups excluding carboxylic acids is 3. The average molecular weight is 467 g/mol. The van der Waals surface area contributed by atoms with Crippen molar-refractivity contribution in [3.05, 3.63) is 11.6 Å². The number of aliphatic hydroxyl groups excluding tert-OH is 1. The van der Waals surface area contributed by atoms with Crippen molar-refractivity contribution in [2.75, 3.05) is 0 Å². The van der Waals surface area contributed by atoms with Crippen molar-refractivity contribution in [1.29, 1.82) is 0 Å². The highest BCUT2D eigenvalue weighted by Crippen LogP contribution is 2.72. The van der Waals surface area contributed by atoms with E-state index < -0.39 is 27.4 Å². The van der Waals surface area contributed by atoms with Crippen LogP contribution in [-0.2, 0) is 19.1 Å². The second-order valence-corrected chi connectivity index (χ2v) is 11.5. The Balaban J connectivity index is 1.81. The number of rotatable bonds is 2. The summed E-state index contributed by atoms with van der Waals surface area (Å²) in [4.78, 5) is 36.8. The normalized spacial score (nSPS) is 48.8. The minimum atomic E-state index is -1.17. The Morgan fingerprint density at radius 1 is 1.14 bits per heavy atom. The molecule has 1 N–H and O–H groups in total. The maximum absolute atomic E-state index is 12.8. The Hall–Kier alpha value is -1.01. The number of hydrogen-bond donors (Lipinski definition) is 1. The van der Waals surface area contributed by atoms with Crippen molar-refractivity contribution in [2.45, 2.75) is 88.7 Å². The molecule has 0 spiro atoms. The second kappa shape index (κ2) is 6.49. The first kappa shape index (κ1) is 21.2. The van der Waals surface area contributed by atoms with Gasteiger partial charge in [0.2, 0.25) is 0 Å². The van der Waals surface area contributed by atoms with Crippen molar-refractivity contribution in [3.63, 3.8) is 0 Å². The highest BCUT2D eigenvalue weighted by atomic mass is 79.9. The van der Waals surface area contributed by atoms with E-state index in [0.717, 1.165) is 31.3 Å². The Morgan fingerprint density at radius 2 is 1.83 bits per heavy atom. The van der Waals surface area contributed by atoms with E-state index in [4.69, 9.17) is 4.74 Å². The number of fused-ring (bicyclic) bond motifs is 5. The summed E-state index contributed by atoms with van der Waals surface area (Å²) < 4.78 is 5.23. The predicted octanol–water partition coefficient (Wildman–Crippen LogP) is 3.90. The van der Waals surface area contributed by atoms with Gasteiger partial charge in [0.25, 0.3) is 0 Å². The molecule has 4 aliphatic carbocycles. The van der Waals surface area contributed by atoms with Gasteiger partial charge in [0.15, 0.2) is 17.2 Å². The Bertz CT molecular complexity index is 820. The average Bonchev–Trinajstić information content (AvgIpc) is 2.90. The van der Waals surface area contributed by atoms with Crippen LogP contribution in [0.1, 0.15) is 72.6 Å². The highest BCUT2D eigenvalue weighted by molar-refractivity contribution is 9.10. The third kappa shape index (κ3) is 2.51. The molecule has 0 aliphatic heterocycles. The monoisotopic (exact) mass is 466 g/mol. The minimum absolute atomic E-state index is 0.127. The topological polar surface area (TPSA) is 80.7 Å². The zero-order chi connectivity index (χ0) is 21.4. The molecule has 0 radical (unpaired) electrons. The van der Waals surface area contributed by atoms with E-state index >= 15 is 0 Å². The standard InChI is InChI=1S/C23H31BrO5/c1-13(25)22(29-14(2)26)10-8-17-18-6-5-15-11-16(27)7-9-20(15,3)23(18,24)19(28)12-21(17,22)4/h11,17-19,28H,5-10,12H2,1-4H3/t17-,18-,19-,20-,21-,22+,23-/m0/s1. The molecule has 5 nitrogen and oxygen atoms in total. The number of carbonyl (C=O) groups is 3. The summed E-state index contributed by atoms with van der Waals surface area (Å²) in [5.74, 6) is -0.0990. The number of aliphatic hydroxyl groups is 1. The zero-order valence-electron chi connectivity index (χ0n) is 17.7. The SMILES string of the molecule is CC(=O)O[C@@]1(C(C)=O)CC[C@H]2[C@@H]3CCC4=CC(=O)CC[C@]4(C)[C@@]3(Br)[C@@H](O)C[C@@]21C. The maximum Gasteiger partial charge on any atom is 0.303 e. The molecule has 0 aromatic carbocycles. The van der Waals surface area contributed by atoms with Crippen molar-refractivity contribution in [1.82, 2.24) is 0 Å². The summed E-state index contributed by atoms with van der Waals surface area (Å²) in [6, 6.07) is 0. The molecule has 6 heteroatoms. The van der Waals surface area contributed by atoms with Gasteiger partial charge in [-0.15, -0.1) is 0 Å². The molecule has 160 valence electrons. The maximum atomic E-state index is 12.8. The lowest BCUT2D eigenvalue weighted by Gasteiger charge is -2.65. The van der Waals surface area contributed by atoms with E-state index in [0.29, 0.717) is 19.3 Å². The molecule has 3 saturated carbocycles. The third-order valence-corrected chi connectivity index (χ3v) is 11.0. The molecular formula is C23H31BrO5. The van der Waals surface area contributed by atoms with Gasteiger partial charge in [-0.2, -0.15) is 0 Å². The smallest absolute Gasteiger partial charge is 0.303 e. The molecule has 0 aromatic heterocycles. The number of esters is 1.